The first-order valence-electron chi connectivity index (χ1n) is 13.3. The molecule has 0 unspecified atom stereocenters. The van der Waals surface area contributed by atoms with Crippen molar-refractivity contribution in [2.24, 2.45) is 0 Å². The molecule has 0 aliphatic heterocycles. The number of rotatable bonds is 33. The Morgan fingerprint density at radius 3 is 0.919 bits per heavy atom. The Balaban J connectivity index is 3.46. The van der Waals surface area contributed by atoms with Crippen LogP contribution in [0.2, 0.25) is 0 Å². The van der Waals surface area contributed by atoms with Crippen molar-refractivity contribution in [1.29, 1.82) is 0 Å². The zero-order valence-electron chi connectivity index (χ0n) is 23.2. The molecule has 0 heterocycles. The standard InChI is InChI=1S/C25H53NO11/c1-28-10-12-32-18-20-36-24-22-34-16-14-30-8-5-26(4-3-7-27)6-9-31-15-17-35-23-25-37-21-19-33-13-11-29-2/h27H,3-25H2,1-2H3. The summed E-state index contributed by atoms with van der Waals surface area (Å²) in [6.45, 7) is 12.5. The van der Waals surface area contributed by atoms with Crippen molar-refractivity contribution >= 4 is 0 Å². The third-order valence-electron chi connectivity index (χ3n) is 4.83. The maximum Gasteiger partial charge on any atom is 0.0701 e. The maximum atomic E-state index is 9.14. The minimum absolute atomic E-state index is 0.169. The number of aliphatic hydroxyl groups excluding tert-OH is 1. The van der Waals surface area contributed by atoms with Crippen molar-refractivity contribution in [2.45, 2.75) is 6.42 Å². The van der Waals surface area contributed by atoms with Gasteiger partial charge in [0.15, 0.2) is 0 Å². The lowest BCUT2D eigenvalue weighted by Crippen LogP contribution is -2.33. The summed E-state index contributed by atoms with van der Waals surface area (Å²) in [5, 5.41) is 9.14. The van der Waals surface area contributed by atoms with Gasteiger partial charge >= 0.3 is 0 Å². The van der Waals surface area contributed by atoms with Crippen molar-refractivity contribution in [3.05, 3.63) is 0 Å². The topological polar surface area (TPSA) is 116 Å². The fourth-order valence-corrected chi connectivity index (χ4v) is 2.83. The van der Waals surface area contributed by atoms with E-state index in [0.717, 1.165) is 26.1 Å². The smallest absolute Gasteiger partial charge is 0.0701 e. The van der Waals surface area contributed by atoms with Gasteiger partial charge in [-0.3, -0.25) is 4.90 Å². The van der Waals surface area contributed by atoms with Gasteiger partial charge in [-0.05, 0) is 6.42 Å². The molecule has 0 aromatic rings. The Bertz CT molecular complexity index is 379. The quantitative estimate of drug-likeness (QED) is 0.113. The Morgan fingerprint density at radius 2 is 0.649 bits per heavy atom. The summed E-state index contributed by atoms with van der Waals surface area (Å²) in [7, 11) is 3.29. The third-order valence-corrected chi connectivity index (χ3v) is 4.83. The molecule has 0 aliphatic rings. The number of hydrogen-bond donors (Lipinski definition) is 1. The average molecular weight is 544 g/mol. The van der Waals surface area contributed by atoms with Crippen LogP contribution in [0, 0.1) is 0 Å². The number of methoxy groups -OCH3 is 2. The maximum absolute atomic E-state index is 9.14. The molecule has 0 aliphatic carbocycles. The highest BCUT2D eigenvalue weighted by atomic mass is 16.6. The van der Waals surface area contributed by atoms with Crippen LogP contribution in [0.1, 0.15) is 6.42 Å². The number of aliphatic hydroxyl groups is 1. The van der Waals surface area contributed by atoms with Crippen LogP contribution in [0.5, 0.6) is 0 Å². The zero-order chi connectivity index (χ0) is 26.9. The summed E-state index contributed by atoms with van der Waals surface area (Å²) in [6.07, 6.45) is 0.723. The Hall–Kier alpha value is -0.480. The molecular formula is C25H53NO11. The third kappa shape index (κ3) is 31.6. The predicted molar refractivity (Wildman–Crippen MR) is 138 cm³/mol. The van der Waals surface area contributed by atoms with Crippen molar-refractivity contribution in [1.82, 2.24) is 4.90 Å². The van der Waals surface area contributed by atoms with Crippen molar-refractivity contribution in [3.63, 3.8) is 0 Å². The molecule has 0 saturated heterocycles. The molecule has 224 valence electrons. The zero-order valence-corrected chi connectivity index (χ0v) is 23.2. The van der Waals surface area contributed by atoms with Gasteiger partial charge in [0.25, 0.3) is 0 Å². The van der Waals surface area contributed by atoms with E-state index in [1.807, 2.05) is 0 Å². The second-order valence-corrected chi connectivity index (χ2v) is 7.80. The molecule has 0 saturated carbocycles. The SMILES string of the molecule is COCCOCCOCCOCCOCCN(CCCO)CCOCCOCCOCCOCCOC. The van der Waals surface area contributed by atoms with E-state index < -0.39 is 0 Å². The Kier molecular flexibility index (Phi) is 33.1. The molecule has 1 N–H and O–H groups in total. The van der Waals surface area contributed by atoms with Crippen LogP contribution in [0.15, 0.2) is 0 Å². The highest BCUT2D eigenvalue weighted by Crippen LogP contribution is 1.94. The first-order chi connectivity index (χ1) is 18.3. The average Bonchev–Trinajstić information content (AvgIpc) is 2.91. The van der Waals surface area contributed by atoms with Gasteiger partial charge in [-0.1, -0.05) is 0 Å². The van der Waals surface area contributed by atoms with E-state index in [1.165, 1.54) is 0 Å². The molecule has 0 aromatic carbocycles. The van der Waals surface area contributed by atoms with Gasteiger partial charge in [0, 0.05) is 40.5 Å². The largest absolute Gasteiger partial charge is 0.396 e. The number of ether oxygens (including phenoxy) is 10. The van der Waals surface area contributed by atoms with Gasteiger partial charge < -0.3 is 52.5 Å². The fourth-order valence-electron chi connectivity index (χ4n) is 2.83. The van der Waals surface area contributed by atoms with Gasteiger partial charge in [-0.2, -0.15) is 0 Å². The summed E-state index contributed by atoms with van der Waals surface area (Å²) in [5.74, 6) is 0. The molecule has 0 aromatic heterocycles. The van der Waals surface area contributed by atoms with E-state index in [0.29, 0.717) is 119 Å². The van der Waals surface area contributed by atoms with Crippen LogP contribution in [0.25, 0.3) is 0 Å². The van der Waals surface area contributed by atoms with E-state index in [-0.39, 0.29) is 6.61 Å². The molecular weight excluding hydrogens is 490 g/mol. The highest BCUT2D eigenvalue weighted by molar-refractivity contribution is 4.57. The second kappa shape index (κ2) is 33.5. The van der Waals surface area contributed by atoms with Crippen molar-refractivity contribution < 1.29 is 52.5 Å². The monoisotopic (exact) mass is 543 g/mol. The minimum atomic E-state index is 0.169. The lowest BCUT2D eigenvalue weighted by Gasteiger charge is -2.21. The first kappa shape index (κ1) is 36.5. The van der Waals surface area contributed by atoms with Gasteiger partial charge in [0.05, 0.1) is 119 Å². The summed E-state index contributed by atoms with van der Waals surface area (Å²) in [6, 6.07) is 0. The highest BCUT2D eigenvalue weighted by Gasteiger charge is 2.05. The van der Waals surface area contributed by atoms with Crippen LogP contribution in [-0.4, -0.2) is 169 Å². The Labute approximate surface area is 223 Å². The molecule has 0 spiro atoms. The van der Waals surface area contributed by atoms with Crippen molar-refractivity contribution in [2.75, 3.05) is 159 Å². The van der Waals surface area contributed by atoms with Gasteiger partial charge in [-0.25, -0.2) is 0 Å². The lowest BCUT2D eigenvalue weighted by molar-refractivity contribution is -0.0131. The van der Waals surface area contributed by atoms with E-state index in [4.69, 9.17) is 52.5 Å². The van der Waals surface area contributed by atoms with Crippen LogP contribution in [0.4, 0.5) is 0 Å². The molecule has 0 atom stereocenters. The van der Waals surface area contributed by atoms with E-state index in [2.05, 4.69) is 4.90 Å². The van der Waals surface area contributed by atoms with E-state index in [1.54, 1.807) is 14.2 Å². The van der Waals surface area contributed by atoms with Crippen LogP contribution >= 0.6 is 0 Å². The van der Waals surface area contributed by atoms with Gasteiger partial charge in [0.2, 0.25) is 0 Å². The number of nitrogens with zero attached hydrogens (tertiary/aromatic N) is 1. The van der Waals surface area contributed by atoms with Crippen LogP contribution in [-0.2, 0) is 47.4 Å². The molecule has 0 bridgehead atoms. The molecule has 12 nitrogen and oxygen atoms in total. The van der Waals surface area contributed by atoms with E-state index in [9.17, 15) is 0 Å². The Morgan fingerprint density at radius 1 is 0.378 bits per heavy atom. The van der Waals surface area contributed by atoms with Crippen LogP contribution in [0.3, 0.4) is 0 Å². The fraction of sp³-hybridized carbons (Fsp3) is 1.00. The summed E-state index contributed by atoms with van der Waals surface area (Å²) in [5.41, 5.74) is 0. The number of hydrogen-bond acceptors (Lipinski definition) is 12. The normalized spacial score (nSPS) is 11.7. The van der Waals surface area contributed by atoms with Crippen LogP contribution < -0.4 is 0 Å². The molecule has 0 rings (SSSR count). The molecule has 0 amide bonds. The van der Waals surface area contributed by atoms with E-state index >= 15 is 0 Å². The molecule has 12 heteroatoms. The summed E-state index contributed by atoms with van der Waals surface area (Å²) >= 11 is 0. The predicted octanol–water partition coefficient (Wildman–Crippen LogP) is 0.0964. The second-order valence-electron chi connectivity index (χ2n) is 7.80. The van der Waals surface area contributed by atoms with Gasteiger partial charge in [0.1, 0.15) is 0 Å². The lowest BCUT2D eigenvalue weighted by atomic mass is 10.4. The van der Waals surface area contributed by atoms with Crippen molar-refractivity contribution in [3.8, 4) is 0 Å². The minimum Gasteiger partial charge on any atom is -0.396 e. The summed E-state index contributed by atoms with van der Waals surface area (Å²) < 4.78 is 53.6. The molecule has 0 radical (unpaired) electrons. The van der Waals surface area contributed by atoms with Gasteiger partial charge in [-0.15, -0.1) is 0 Å². The molecule has 37 heavy (non-hydrogen) atoms. The first-order valence-corrected chi connectivity index (χ1v) is 13.3. The molecule has 0 fully saturated rings. The summed E-state index contributed by atoms with van der Waals surface area (Å²) in [4.78, 5) is 2.23.